The first kappa shape index (κ1) is 19.5. The van der Waals surface area contributed by atoms with Crippen molar-refractivity contribution in [1.82, 2.24) is 10.3 Å². The summed E-state index contributed by atoms with van der Waals surface area (Å²) < 4.78 is 47.5. The summed E-state index contributed by atoms with van der Waals surface area (Å²) in [6.45, 7) is 4.14. The van der Waals surface area contributed by atoms with Crippen LogP contribution in [-0.4, -0.2) is 40.4 Å². The highest BCUT2D eigenvalue weighted by Gasteiger charge is 2.33. The molecule has 24 heavy (non-hydrogen) atoms. The Bertz CT molecular complexity index is 599. The minimum Gasteiger partial charge on any atom is -0.480 e. The molecule has 0 bridgehead atoms. The maximum atomic E-state index is 12.5. The van der Waals surface area contributed by atoms with Crippen LogP contribution in [0.5, 0.6) is 5.88 Å². The van der Waals surface area contributed by atoms with Crippen molar-refractivity contribution in [1.29, 1.82) is 0 Å². The molecule has 7 nitrogen and oxygen atoms in total. The maximum Gasteiger partial charge on any atom is 0.433 e. The second-order valence-corrected chi connectivity index (χ2v) is 5.71. The molecule has 10 heteroatoms. The number of alkyl halides is 3. The molecular formula is C14H17F3N2O5. The number of rotatable bonds is 5. The molecule has 1 unspecified atom stereocenters. The Morgan fingerprint density at radius 2 is 1.92 bits per heavy atom. The van der Waals surface area contributed by atoms with Gasteiger partial charge in [0.15, 0.2) is 6.04 Å². The largest absolute Gasteiger partial charge is 0.480 e. The number of nitrogens with zero attached hydrogens (tertiary/aromatic N) is 1. The van der Waals surface area contributed by atoms with Gasteiger partial charge in [-0.15, -0.1) is 0 Å². The minimum absolute atomic E-state index is 0.415. The predicted octanol–water partition coefficient (Wildman–Crippen LogP) is 2.46. The van der Waals surface area contributed by atoms with Gasteiger partial charge in [-0.2, -0.15) is 13.2 Å². The number of carbonyl (C=O) groups excluding carboxylic acids is 1. The molecule has 0 fully saturated rings. The van der Waals surface area contributed by atoms with Gasteiger partial charge in [-0.05, 0) is 26.8 Å². The normalized spacial score (nSPS) is 13.1. The minimum atomic E-state index is -4.65. The molecule has 1 aromatic rings. The number of hydrogen-bond acceptors (Lipinski definition) is 5. The van der Waals surface area contributed by atoms with Crippen molar-refractivity contribution in [3.05, 3.63) is 23.9 Å². The maximum absolute atomic E-state index is 12.5. The summed E-state index contributed by atoms with van der Waals surface area (Å²) in [6, 6.07) is 1.45. The topological polar surface area (TPSA) is 97.8 Å². The molecule has 0 aliphatic heterocycles. The van der Waals surface area contributed by atoms with Crippen LogP contribution in [0.25, 0.3) is 0 Å². The molecule has 0 saturated heterocycles. The standard InChI is InChI=1S/C14H17F3N2O5/c1-13(2,3)24-12(22)18-8(11(20)21)7-23-10-6-4-5-9(19-10)14(15,16)17/h4-6,8H,7H2,1-3H3,(H,18,22)(H,20,21). The van der Waals surface area contributed by atoms with E-state index in [4.69, 9.17) is 14.6 Å². The van der Waals surface area contributed by atoms with Gasteiger partial charge >= 0.3 is 18.2 Å². The number of pyridine rings is 1. The monoisotopic (exact) mass is 350 g/mol. The predicted molar refractivity (Wildman–Crippen MR) is 75.5 cm³/mol. The first-order valence-corrected chi connectivity index (χ1v) is 6.78. The van der Waals surface area contributed by atoms with Crippen LogP contribution in [0.2, 0.25) is 0 Å². The Labute approximate surface area is 135 Å². The molecule has 0 aromatic carbocycles. The number of nitrogens with one attached hydrogen (secondary N) is 1. The molecule has 2 N–H and O–H groups in total. The molecule has 0 saturated carbocycles. The number of alkyl carbamates (subject to hydrolysis) is 1. The fraction of sp³-hybridized carbons (Fsp3) is 0.500. The van der Waals surface area contributed by atoms with Crippen molar-refractivity contribution in [3.63, 3.8) is 0 Å². The van der Waals surface area contributed by atoms with Crippen molar-refractivity contribution in [3.8, 4) is 5.88 Å². The third kappa shape index (κ3) is 6.71. The van der Waals surface area contributed by atoms with Crippen LogP contribution in [-0.2, 0) is 15.7 Å². The zero-order valence-electron chi connectivity index (χ0n) is 13.2. The lowest BCUT2D eigenvalue weighted by Gasteiger charge is -2.22. The van der Waals surface area contributed by atoms with E-state index in [1.54, 1.807) is 20.8 Å². The van der Waals surface area contributed by atoms with Crippen molar-refractivity contribution < 1.29 is 37.3 Å². The molecule has 0 spiro atoms. The number of halogens is 3. The molecular weight excluding hydrogens is 333 g/mol. The van der Waals surface area contributed by atoms with Crippen LogP contribution in [0.1, 0.15) is 26.5 Å². The summed E-state index contributed by atoms with van der Waals surface area (Å²) in [4.78, 5) is 25.9. The third-order valence-electron chi connectivity index (χ3n) is 2.40. The Hall–Kier alpha value is -2.52. The molecule has 1 atom stereocenters. The molecule has 1 heterocycles. The lowest BCUT2D eigenvalue weighted by molar-refractivity contribution is -0.142. The Morgan fingerprint density at radius 1 is 1.29 bits per heavy atom. The Kier molecular flexibility index (Phi) is 5.99. The quantitative estimate of drug-likeness (QED) is 0.847. The van der Waals surface area contributed by atoms with Gasteiger partial charge in [0.25, 0.3) is 0 Å². The van der Waals surface area contributed by atoms with Gasteiger partial charge in [0.05, 0.1) is 0 Å². The van der Waals surface area contributed by atoms with Gasteiger partial charge in [0.2, 0.25) is 5.88 Å². The SMILES string of the molecule is CC(C)(C)OC(=O)NC(COc1cccc(C(F)(F)F)n1)C(=O)O. The summed E-state index contributed by atoms with van der Waals surface area (Å²) in [5.74, 6) is -1.85. The zero-order valence-corrected chi connectivity index (χ0v) is 13.2. The van der Waals surface area contributed by atoms with Gasteiger partial charge < -0.3 is 19.9 Å². The van der Waals surface area contributed by atoms with Gasteiger partial charge in [0, 0.05) is 6.07 Å². The molecule has 0 aliphatic carbocycles. The number of aliphatic carboxylic acids is 1. The van der Waals surface area contributed by atoms with E-state index >= 15 is 0 Å². The second kappa shape index (κ2) is 7.37. The molecule has 1 amide bonds. The first-order valence-electron chi connectivity index (χ1n) is 6.78. The highest BCUT2D eigenvalue weighted by molar-refractivity contribution is 5.80. The summed E-state index contributed by atoms with van der Waals surface area (Å²) in [5, 5.41) is 11.1. The first-order chi connectivity index (χ1) is 10.9. The van der Waals surface area contributed by atoms with E-state index in [2.05, 4.69) is 10.3 Å². The number of amides is 1. The van der Waals surface area contributed by atoms with E-state index in [1.807, 2.05) is 0 Å². The molecule has 0 aliphatic rings. The van der Waals surface area contributed by atoms with E-state index in [-0.39, 0.29) is 0 Å². The summed E-state index contributed by atoms with van der Waals surface area (Å²) in [6.07, 6.45) is -5.64. The number of aromatic nitrogens is 1. The van der Waals surface area contributed by atoms with Gasteiger partial charge in [0.1, 0.15) is 17.9 Å². The van der Waals surface area contributed by atoms with Crippen LogP contribution in [0.15, 0.2) is 18.2 Å². The number of carboxylic acid groups (broad SMARTS) is 1. The number of ether oxygens (including phenoxy) is 2. The van der Waals surface area contributed by atoms with E-state index in [1.165, 1.54) is 0 Å². The molecule has 0 radical (unpaired) electrons. The summed E-state index contributed by atoms with van der Waals surface area (Å²) in [5.41, 5.74) is -2.01. The van der Waals surface area contributed by atoms with Crippen LogP contribution in [0, 0.1) is 0 Å². The highest BCUT2D eigenvalue weighted by atomic mass is 19.4. The Morgan fingerprint density at radius 3 is 2.42 bits per heavy atom. The average molecular weight is 350 g/mol. The molecule has 1 rings (SSSR count). The van der Waals surface area contributed by atoms with Crippen LogP contribution in [0.3, 0.4) is 0 Å². The fourth-order valence-corrected chi connectivity index (χ4v) is 1.45. The van der Waals surface area contributed by atoms with Gasteiger partial charge in [-0.1, -0.05) is 6.07 Å². The zero-order chi connectivity index (χ0) is 18.5. The lowest BCUT2D eigenvalue weighted by atomic mass is 10.2. The smallest absolute Gasteiger partial charge is 0.433 e. The van der Waals surface area contributed by atoms with E-state index in [0.29, 0.717) is 0 Å². The van der Waals surface area contributed by atoms with Crippen LogP contribution in [0.4, 0.5) is 18.0 Å². The molecule has 134 valence electrons. The van der Waals surface area contributed by atoms with Crippen LogP contribution < -0.4 is 10.1 Å². The average Bonchev–Trinajstić information content (AvgIpc) is 2.40. The van der Waals surface area contributed by atoms with Crippen LogP contribution >= 0.6 is 0 Å². The van der Waals surface area contributed by atoms with Crippen molar-refractivity contribution in [2.75, 3.05) is 6.61 Å². The summed E-state index contributed by atoms with van der Waals surface area (Å²) in [7, 11) is 0. The number of hydrogen-bond donors (Lipinski definition) is 2. The van der Waals surface area contributed by atoms with Gasteiger partial charge in [-0.25, -0.2) is 14.6 Å². The summed E-state index contributed by atoms with van der Waals surface area (Å²) >= 11 is 0. The highest BCUT2D eigenvalue weighted by Crippen LogP contribution is 2.28. The molecule has 1 aromatic heterocycles. The Balaban J connectivity index is 2.71. The van der Waals surface area contributed by atoms with Gasteiger partial charge in [-0.3, -0.25) is 0 Å². The van der Waals surface area contributed by atoms with E-state index < -0.39 is 48.1 Å². The van der Waals surface area contributed by atoms with E-state index in [9.17, 15) is 22.8 Å². The van der Waals surface area contributed by atoms with Crippen molar-refractivity contribution >= 4 is 12.1 Å². The lowest BCUT2D eigenvalue weighted by Crippen LogP contribution is -2.46. The third-order valence-corrected chi connectivity index (χ3v) is 2.40. The number of carbonyl (C=O) groups is 2. The second-order valence-electron chi connectivity index (χ2n) is 5.71. The fourth-order valence-electron chi connectivity index (χ4n) is 1.45. The van der Waals surface area contributed by atoms with Crippen molar-refractivity contribution in [2.45, 2.75) is 38.6 Å². The van der Waals surface area contributed by atoms with Crippen molar-refractivity contribution in [2.24, 2.45) is 0 Å². The van der Waals surface area contributed by atoms with E-state index in [0.717, 1.165) is 18.2 Å². The number of carboxylic acids is 1.